The van der Waals surface area contributed by atoms with Gasteiger partial charge in [-0.3, -0.25) is 0 Å². The van der Waals surface area contributed by atoms with Crippen molar-refractivity contribution in [3.63, 3.8) is 0 Å². The van der Waals surface area contributed by atoms with Gasteiger partial charge in [-0.2, -0.15) is 0 Å². The van der Waals surface area contributed by atoms with Crippen molar-refractivity contribution in [3.05, 3.63) is 21.7 Å². The quantitative estimate of drug-likeness (QED) is 0.613. The minimum absolute atomic E-state index is 0.737. The first-order valence-corrected chi connectivity index (χ1v) is 4.73. The molecule has 0 amide bonds. The van der Waals surface area contributed by atoms with Crippen molar-refractivity contribution < 1.29 is 0 Å². The zero-order valence-electron chi connectivity index (χ0n) is 6.66. The van der Waals surface area contributed by atoms with Crippen LogP contribution in [0.2, 0.25) is 0 Å². The first-order chi connectivity index (χ1) is 5.24. The SMILES string of the molecule is CCCC1=CC(Cl)=C(Cl)CC1. The fraction of sp³-hybridized carbons (Fsp3) is 0.556. The molecule has 0 aliphatic heterocycles. The Labute approximate surface area is 77.9 Å². The molecule has 1 aliphatic rings. The van der Waals surface area contributed by atoms with Gasteiger partial charge in [0.25, 0.3) is 0 Å². The van der Waals surface area contributed by atoms with Crippen LogP contribution in [0, 0.1) is 0 Å². The Hall–Kier alpha value is 0.0600. The Kier molecular flexibility index (Phi) is 3.47. The molecule has 0 unspecified atom stereocenters. The third-order valence-corrected chi connectivity index (χ3v) is 2.65. The van der Waals surface area contributed by atoms with Gasteiger partial charge in [-0.25, -0.2) is 0 Å². The lowest BCUT2D eigenvalue weighted by Crippen LogP contribution is -1.92. The Morgan fingerprint density at radius 3 is 2.64 bits per heavy atom. The molecule has 0 atom stereocenters. The zero-order valence-corrected chi connectivity index (χ0v) is 8.17. The Balaban J connectivity index is 2.64. The molecule has 0 aromatic heterocycles. The highest BCUT2D eigenvalue weighted by Gasteiger charge is 2.08. The minimum atomic E-state index is 0.737. The average Bonchev–Trinajstić information content (AvgIpc) is 1.98. The number of halogens is 2. The van der Waals surface area contributed by atoms with Crippen LogP contribution in [0.15, 0.2) is 21.7 Å². The Morgan fingerprint density at radius 1 is 1.36 bits per heavy atom. The molecule has 2 heteroatoms. The number of hydrogen-bond donors (Lipinski definition) is 0. The van der Waals surface area contributed by atoms with Gasteiger partial charge in [0.15, 0.2) is 0 Å². The maximum Gasteiger partial charge on any atom is 0.0550 e. The lowest BCUT2D eigenvalue weighted by Gasteiger charge is -2.11. The van der Waals surface area contributed by atoms with Crippen LogP contribution in [0.4, 0.5) is 0 Å². The van der Waals surface area contributed by atoms with E-state index in [1.165, 1.54) is 12.0 Å². The van der Waals surface area contributed by atoms with Crippen LogP contribution in [0.25, 0.3) is 0 Å². The van der Waals surface area contributed by atoms with E-state index in [-0.39, 0.29) is 0 Å². The van der Waals surface area contributed by atoms with Crippen LogP contribution in [-0.4, -0.2) is 0 Å². The molecule has 0 fully saturated rings. The maximum atomic E-state index is 5.87. The van der Waals surface area contributed by atoms with Crippen LogP contribution in [0.1, 0.15) is 32.6 Å². The van der Waals surface area contributed by atoms with E-state index in [4.69, 9.17) is 23.2 Å². The van der Waals surface area contributed by atoms with E-state index in [0.717, 1.165) is 29.3 Å². The van der Waals surface area contributed by atoms with Crippen LogP contribution < -0.4 is 0 Å². The lowest BCUT2D eigenvalue weighted by molar-refractivity contribution is 0.814. The largest absolute Gasteiger partial charge is 0.0875 e. The summed E-state index contributed by atoms with van der Waals surface area (Å²) in [5.74, 6) is 0. The summed E-state index contributed by atoms with van der Waals surface area (Å²) in [6, 6.07) is 0. The molecule has 0 nitrogen and oxygen atoms in total. The minimum Gasteiger partial charge on any atom is -0.0875 e. The molecule has 0 aromatic carbocycles. The van der Waals surface area contributed by atoms with Crippen molar-refractivity contribution in [2.24, 2.45) is 0 Å². The molecule has 0 radical (unpaired) electrons. The summed E-state index contributed by atoms with van der Waals surface area (Å²) in [7, 11) is 0. The van der Waals surface area contributed by atoms with Crippen LogP contribution in [0.3, 0.4) is 0 Å². The predicted octanol–water partition coefficient (Wildman–Crippen LogP) is 4.20. The van der Waals surface area contributed by atoms with Gasteiger partial charge in [-0.15, -0.1) is 0 Å². The normalized spacial score (nSPS) is 18.6. The molecule has 0 aromatic rings. The molecule has 0 saturated heterocycles. The highest BCUT2D eigenvalue weighted by molar-refractivity contribution is 6.40. The monoisotopic (exact) mass is 190 g/mol. The van der Waals surface area contributed by atoms with E-state index in [9.17, 15) is 0 Å². The van der Waals surface area contributed by atoms with Crippen molar-refractivity contribution in [2.45, 2.75) is 32.6 Å². The number of hydrogen-bond acceptors (Lipinski definition) is 0. The summed E-state index contributed by atoms with van der Waals surface area (Å²) in [4.78, 5) is 0. The molecule has 11 heavy (non-hydrogen) atoms. The number of rotatable bonds is 2. The summed E-state index contributed by atoms with van der Waals surface area (Å²) >= 11 is 11.7. The first kappa shape index (κ1) is 9.15. The standard InChI is InChI=1S/C9H12Cl2/c1-2-3-7-4-5-8(10)9(11)6-7/h6H,2-5H2,1H3. The van der Waals surface area contributed by atoms with Crippen LogP contribution >= 0.6 is 23.2 Å². The number of allylic oxidation sites excluding steroid dienone is 4. The van der Waals surface area contributed by atoms with E-state index >= 15 is 0 Å². The molecular weight excluding hydrogens is 179 g/mol. The highest BCUT2D eigenvalue weighted by Crippen LogP contribution is 2.30. The molecule has 0 N–H and O–H groups in total. The van der Waals surface area contributed by atoms with Crippen molar-refractivity contribution in [1.82, 2.24) is 0 Å². The second-order valence-electron chi connectivity index (χ2n) is 2.81. The molecule has 1 rings (SSSR count). The molecule has 0 spiro atoms. The van der Waals surface area contributed by atoms with Gasteiger partial charge in [0, 0.05) is 5.03 Å². The van der Waals surface area contributed by atoms with Crippen LogP contribution in [-0.2, 0) is 0 Å². The van der Waals surface area contributed by atoms with Crippen molar-refractivity contribution in [3.8, 4) is 0 Å². The van der Waals surface area contributed by atoms with Crippen molar-refractivity contribution >= 4 is 23.2 Å². The van der Waals surface area contributed by atoms with Gasteiger partial charge >= 0.3 is 0 Å². The smallest absolute Gasteiger partial charge is 0.0550 e. The Morgan fingerprint density at radius 2 is 2.09 bits per heavy atom. The van der Waals surface area contributed by atoms with Gasteiger partial charge in [0.2, 0.25) is 0 Å². The molecule has 0 bridgehead atoms. The summed E-state index contributed by atoms with van der Waals surface area (Å²) in [6.45, 7) is 2.18. The lowest BCUT2D eigenvalue weighted by atomic mass is 10.0. The van der Waals surface area contributed by atoms with Gasteiger partial charge in [-0.05, 0) is 25.3 Å². The van der Waals surface area contributed by atoms with E-state index in [1.54, 1.807) is 0 Å². The average molecular weight is 191 g/mol. The van der Waals surface area contributed by atoms with E-state index in [2.05, 4.69) is 6.92 Å². The molecule has 62 valence electrons. The first-order valence-electron chi connectivity index (χ1n) is 3.97. The summed E-state index contributed by atoms with van der Waals surface area (Å²) in [5, 5.41) is 1.55. The summed E-state index contributed by atoms with van der Waals surface area (Å²) in [5.41, 5.74) is 1.43. The van der Waals surface area contributed by atoms with Gasteiger partial charge in [0.05, 0.1) is 5.03 Å². The molecular formula is C9H12Cl2. The van der Waals surface area contributed by atoms with Gasteiger partial charge in [0.1, 0.15) is 0 Å². The summed E-state index contributed by atoms with van der Waals surface area (Å²) in [6.07, 6.45) is 6.36. The second-order valence-corrected chi connectivity index (χ2v) is 3.67. The second kappa shape index (κ2) is 4.18. The van der Waals surface area contributed by atoms with E-state index in [1.807, 2.05) is 6.08 Å². The summed E-state index contributed by atoms with van der Waals surface area (Å²) < 4.78 is 0. The third kappa shape index (κ3) is 2.53. The van der Waals surface area contributed by atoms with Crippen molar-refractivity contribution in [2.75, 3.05) is 0 Å². The van der Waals surface area contributed by atoms with Gasteiger partial charge < -0.3 is 0 Å². The molecule has 1 aliphatic carbocycles. The predicted molar refractivity (Wildman–Crippen MR) is 51.0 cm³/mol. The van der Waals surface area contributed by atoms with Crippen molar-refractivity contribution in [1.29, 1.82) is 0 Å². The fourth-order valence-electron chi connectivity index (χ4n) is 1.24. The highest BCUT2D eigenvalue weighted by atomic mass is 35.5. The third-order valence-electron chi connectivity index (χ3n) is 1.83. The van der Waals surface area contributed by atoms with Gasteiger partial charge in [-0.1, -0.05) is 42.1 Å². The van der Waals surface area contributed by atoms with E-state index in [0.29, 0.717) is 0 Å². The van der Waals surface area contributed by atoms with E-state index < -0.39 is 0 Å². The van der Waals surface area contributed by atoms with Crippen LogP contribution in [0.5, 0.6) is 0 Å². The fourth-order valence-corrected chi connectivity index (χ4v) is 1.64. The molecule has 0 heterocycles. The Bertz CT molecular complexity index is 198. The molecule has 0 saturated carbocycles. The maximum absolute atomic E-state index is 5.87. The topological polar surface area (TPSA) is 0 Å². The zero-order chi connectivity index (χ0) is 8.27.